The summed E-state index contributed by atoms with van der Waals surface area (Å²) in [5.41, 5.74) is 1.12. The fourth-order valence-corrected chi connectivity index (χ4v) is 2.18. The normalized spacial score (nSPS) is 14.1. The number of carboxylic acids is 2. The minimum Gasteiger partial charge on any atom is -0.494 e. The van der Waals surface area contributed by atoms with Gasteiger partial charge in [-0.3, -0.25) is 0 Å². The van der Waals surface area contributed by atoms with Crippen molar-refractivity contribution in [2.24, 2.45) is 0 Å². The van der Waals surface area contributed by atoms with Gasteiger partial charge in [-0.25, -0.2) is 14.6 Å². The number of halogens is 1. The predicted octanol–water partition coefficient (Wildman–Crippen LogP) is 0.974. The molecular formula is C14H18BrN3O5. The van der Waals surface area contributed by atoms with Crippen LogP contribution in [0.1, 0.15) is 0 Å². The highest BCUT2D eigenvalue weighted by Crippen LogP contribution is 2.27. The van der Waals surface area contributed by atoms with Crippen molar-refractivity contribution < 1.29 is 24.5 Å². The van der Waals surface area contributed by atoms with Crippen molar-refractivity contribution in [3.05, 3.63) is 29.0 Å². The second-order valence-electron chi connectivity index (χ2n) is 4.43. The molecule has 0 atom stereocenters. The number of pyridine rings is 1. The molecular weight excluding hydrogens is 370 g/mol. The third-order valence-corrected chi connectivity index (χ3v) is 3.46. The number of hydrogen-bond acceptors (Lipinski definition) is 6. The van der Waals surface area contributed by atoms with E-state index >= 15 is 0 Å². The van der Waals surface area contributed by atoms with Gasteiger partial charge in [0, 0.05) is 44.4 Å². The van der Waals surface area contributed by atoms with Crippen molar-refractivity contribution in [1.82, 2.24) is 10.3 Å². The second kappa shape index (κ2) is 9.80. The Bertz CT molecular complexity index is 558. The van der Waals surface area contributed by atoms with Crippen LogP contribution in [0.3, 0.4) is 0 Å². The van der Waals surface area contributed by atoms with Gasteiger partial charge in [0.15, 0.2) is 5.75 Å². The van der Waals surface area contributed by atoms with Gasteiger partial charge in [-0.05, 0) is 15.9 Å². The van der Waals surface area contributed by atoms with Gasteiger partial charge in [0.2, 0.25) is 0 Å². The SMILES string of the molecule is COc1cc(N2CCNCC2)cnc1Br.O=C(O)/C=C/C(=O)O. The second-order valence-corrected chi connectivity index (χ2v) is 5.18. The molecule has 0 aliphatic carbocycles. The summed E-state index contributed by atoms with van der Waals surface area (Å²) in [6, 6.07) is 2.02. The molecule has 1 aromatic rings. The molecule has 1 aromatic heterocycles. The van der Waals surface area contributed by atoms with E-state index in [0.717, 1.165) is 42.2 Å². The van der Waals surface area contributed by atoms with Gasteiger partial charge in [-0.15, -0.1) is 0 Å². The molecule has 0 saturated carbocycles. The van der Waals surface area contributed by atoms with Crippen molar-refractivity contribution in [2.75, 3.05) is 38.2 Å². The fraction of sp³-hybridized carbons (Fsp3) is 0.357. The Morgan fingerprint density at radius 1 is 1.30 bits per heavy atom. The van der Waals surface area contributed by atoms with Crippen LogP contribution < -0.4 is 15.0 Å². The average Bonchev–Trinajstić information content (AvgIpc) is 2.55. The zero-order chi connectivity index (χ0) is 17.2. The van der Waals surface area contributed by atoms with E-state index in [1.54, 1.807) is 7.11 Å². The summed E-state index contributed by atoms with van der Waals surface area (Å²) < 4.78 is 5.98. The molecule has 1 saturated heterocycles. The van der Waals surface area contributed by atoms with E-state index in [1.807, 2.05) is 12.3 Å². The average molecular weight is 388 g/mol. The van der Waals surface area contributed by atoms with Crippen LogP contribution in [-0.2, 0) is 9.59 Å². The van der Waals surface area contributed by atoms with Crippen molar-refractivity contribution in [2.45, 2.75) is 0 Å². The number of rotatable bonds is 4. The van der Waals surface area contributed by atoms with Crippen LogP contribution in [0, 0.1) is 0 Å². The Morgan fingerprint density at radius 3 is 2.35 bits per heavy atom. The molecule has 1 aliphatic heterocycles. The number of nitrogens with zero attached hydrogens (tertiary/aromatic N) is 2. The summed E-state index contributed by atoms with van der Waals surface area (Å²) >= 11 is 3.35. The highest BCUT2D eigenvalue weighted by Gasteiger charge is 2.12. The Kier molecular flexibility index (Phi) is 8.06. The molecule has 1 aliphatic rings. The smallest absolute Gasteiger partial charge is 0.328 e. The summed E-state index contributed by atoms with van der Waals surface area (Å²) in [6.07, 6.45) is 2.99. The monoisotopic (exact) mass is 387 g/mol. The number of piperazine rings is 1. The number of aliphatic carboxylic acids is 2. The van der Waals surface area contributed by atoms with Crippen LogP contribution in [0.4, 0.5) is 5.69 Å². The molecule has 0 amide bonds. The van der Waals surface area contributed by atoms with Crippen molar-refractivity contribution in [3.8, 4) is 5.75 Å². The molecule has 0 unspecified atom stereocenters. The summed E-state index contributed by atoms with van der Waals surface area (Å²) in [5.74, 6) is -1.73. The molecule has 0 bridgehead atoms. The number of carboxylic acid groups (broad SMARTS) is 2. The van der Waals surface area contributed by atoms with Gasteiger partial charge in [0.1, 0.15) is 4.60 Å². The maximum atomic E-state index is 9.55. The molecule has 23 heavy (non-hydrogen) atoms. The maximum Gasteiger partial charge on any atom is 0.328 e. The van der Waals surface area contributed by atoms with Crippen LogP contribution >= 0.6 is 15.9 Å². The Morgan fingerprint density at radius 2 is 1.87 bits per heavy atom. The molecule has 1 fully saturated rings. The molecule has 2 heterocycles. The Balaban J connectivity index is 0.000000284. The van der Waals surface area contributed by atoms with E-state index in [1.165, 1.54) is 0 Å². The lowest BCUT2D eigenvalue weighted by molar-refractivity contribution is -0.134. The number of carbonyl (C=O) groups is 2. The third kappa shape index (κ3) is 7.11. The topological polar surface area (TPSA) is 112 Å². The van der Waals surface area contributed by atoms with Crippen LogP contribution in [0.2, 0.25) is 0 Å². The molecule has 0 radical (unpaired) electrons. The van der Waals surface area contributed by atoms with E-state index in [2.05, 4.69) is 31.1 Å². The summed E-state index contributed by atoms with van der Waals surface area (Å²) in [5, 5.41) is 18.9. The van der Waals surface area contributed by atoms with Crippen LogP contribution in [0.25, 0.3) is 0 Å². The first-order valence-electron chi connectivity index (χ1n) is 6.73. The third-order valence-electron chi connectivity index (χ3n) is 2.86. The number of aromatic nitrogens is 1. The van der Waals surface area contributed by atoms with Gasteiger partial charge < -0.3 is 25.2 Å². The summed E-state index contributed by atoms with van der Waals surface area (Å²) in [7, 11) is 1.66. The lowest BCUT2D eigenvalue weighted by Crippen LogP contribution is -2.43. The molecule has 0 spiro atoms. The highest BCUT2D eigenvalue weighted by molar-refractivity contribution is 9.10. The van der Waals surface area contributed by atoms with Gasteiger partial charge in [0.05, 0.1) is 19.0 Å². The minimum absolute atomic E-state index is 0.558. The van der Waals surface area contributed by atoms with Gasteiger partial charge >= 0.3 is 11.9 Å². The predicted molar refractivity (Wildman–Crippen MR) is 88.0 cm³/mol. The molecule has 0 aromatic carbocycles. The standard InChI is InChI=1S/C10H14BrN3O.C4H4O4/c1-15-9-6-8(7-13-10(9)11)14-4-2-12-3-5-14;5-3(6)1-2-4(7)8/h6-7,12H,2-5H2,1H3;1-2H,(H,5,6)(H,7,8)/b;2-1+. The van der Waals surface area contributed by atoms with Crippen molar-refractivity contribution in [3.63, 3.8) is 0 Å². The maximum absolute atomic E-state index is 9.55. The molecule has 8 nitrogen and oxygen atoms in total. The number of nitrogens with one attached hydrogen (secondary N) is 1. The zero-order valence-electron chi connectivity index (χ0n) is 12.5. The minimum atomic E-state index is -1.26. The first kappa shape index (κ1) is 18.9. The van der Waals surface area contributed by atoms with E-state index < -0.39 is 11.9 Å². The van der Waals surface area contributed by atoms with Crippen molar-refractivity contribution in [1.29, 1.82) is 0 Å². The number of hydrogen-bond donors (Lipinski definition) is 3. The number of anilines is 1. The van der Waals surface area contributed by atoms with E-state index in [4.69, 9.17) is 14.9 Å². The lowest BCUT2D eigenvalue weighted by Gasteiger charge is -2.29. The Labute approximate surface area is 141 Å². The summed E-state index contributed by atoms with van der Waals surface area (Å²) in [6.45, 7) is 4.09. The van der Waals surface area contributed by atoms with E-state index in [9.17, 15) is 9.59 Å². The van der Waals surface area contributed by atoms with Crippen LogP contribution in [0.5, 0.6) is 5.75 Å². The molecule has 3 N–H and O–H groups in total. The molecule has 126 valence electrons. The number of ether oxygens (including phenoxy) is 1. The Hall–Kier alpha value is -2.13. The first-order valence-corrected chi connectivity index (χ1v) is 7.52. The first-order chi connectivity index (χ1) is 10.9. The fourth-order valence-electron chi connectivity index (χ4n) is 1.80. The number of methoxy groups -OCH3 is 1. The highest BCUT2D eigenvalue weighted by atomic mass is 79.9. The quantitative estimate of drug-likeness (QED) is 0.517. The summed E-state index contributed by atoms with van der Waals surface area (Å²) in [4.78, 5) is 25.7. The zero-order valence-corrected chi connectivity index (χ0v) is 14.1. The van der Waals surface area contributed by atoms with Crippen molar-refractivity contribution >= 4 is 33.6 Å². The van der Waals surface area contributed by atoms with Gasteiger partial charge in [0.25, 0.3) is 0 Å². The lowest BCUT2D eigenvalue weighted by atomic mass is 10.3. The van der Waals surface area contributed by atoms with Gasteiger partial charge in [-0.2, -0.15) is 0 Å². The van der Waals surface area contributed by atoms with E-state index in [0.29, 0.717) is 12.2 Å². The molecule has 9 heteroatoms. The van der Waals surface area contributed by atoms with Gasteiger partial charge in [-0.1, -0.05) is 0 Å². The largest absolute Gasteiger partial charge is 0.494 e. The molecule has 2 rings (SSSR count). The van der Waals surface area contributed by atoms with Crippen LogP contribution in [0.15, 0.2) is 29.0 Å². The van der Waals surface area contributed by atoms with E-state index in [-0.39, 0.29) is 0 Å². The van der Waals surface area contributed by atoms with Crippen LogP contribution in [-0.4, -0.2) is 60.4 Å².